The number of anilines is 1. The average Bonchev–Trinajstić information content (AvgIpc) is 2.69. The van der Waals surface area contributed by atoms with Gasteiger partial charge in [-0.1, -0.05) is 11.6 Å². The molecular weight excluding hydrogens is 358 g/mol. The summed E-state index contributed by atoms with van der Waals surface area (Å²) in [6.07, 6.45) is 1.32. The van der Waals surface area contributed by atoms with Gasteiger partial charge in [0, 0.05) is 38.2 Å². The number of hydrogen-bond acceptors (Lipinski definition) is 5. The molecular formula is C18H24ClN3O4. The molecule has 26 heavy (non-hydrogen) atoms. The Morgan fingerprint density at radius 3 is 2.42 bits per heavy atom. The molecule has 2 amide bonds. The first-order valence-corrected chi connectivity index (χ1v) is 9.18. The summed E-state index contributed by atoms with van der Waals surface area (Å²) < 4.78 is 10.6. The Morgan fingerprint density at radius 1 is 1.15 bits per heavy atom. The topological polar surface area (TPSA) is 85.1 Å². The number of methoxy groups -OCH3 is 1. The molecule has 1 aromatic carbocycles. The van der Waals surface area contributed by atoms with Crippen LogP contribution in [0.25, 0.3) is 0 Å². The molecule has 0 radical (unpaired) electrons. The van der Waals surface area contributed by atoms with E-state index < -0.39 is 0 Å². The third kappa shape index (κ3) is 3.88. The normalized spacial score (nSPS) is 18.7. The minimum absolute atomic E-state index is 0.0333. The predicted octanol–water partition coefficient (Wildman–Crippen LogP) is 1.64. The Bertz CT molecular complexity index is 683. The first-order chi connectivity index (χ1) is 12.5. The number of carbonyl (C=O) groups excluding carboxylic acids is 2. The number of ether oxygens (including phenoxy) is 2. The van der Waals surface area contributed by atoms with E-state index in [0.717, 1.165) is 0 Å². The van der Waals surface area contributed by atoms with E-state index in [1.54, 1.807) is 17.0 Å². The molecule has 0 aliphatic carbocycles. The Labute approximate surface area is 158 Å². The fraction of sp³-hybridized carbons (Fsp3) is 0.556. The van der Waals surface area contributed by atoms with Gasteiger partial charge in [0.2, 0.25) is 5.91 Å². The van der Waals surface area contributed by atoms with Gasteiger partial charge in [-0.15, -0.1) is 0 Å². The van der Waals surface area contributed by atoms with Gasteiger partial charge < -0.3 is 25.0 Å². The summed E-state index contributed by atoms with van der Waals surface area (Å²) in [6, 6.07) is 3.10. The van der Waals surface area contributed by atoms with E-state index in [9.17, 15) is 9.59 Å². The maximum atomic E-state index is 12.9. The first kappa shape index (κ1) is 18.8. The number of halogens is 1. The highest BCUT2D eigenvalue weighted by Gasteiger charge is 2.32. The molecule has 2 aliphatic rings. The van der Waals surface area contributed by atoms with Crippen LogP contribution in [0, 0.1) is 5.92 Å². The number of likely N-dealkylation sites (tertiary alicyclic amines) is 1. The van der Waals surface area contributed by atoms with Crippen molar-refractivity contribution in [1.29, 1.82) is 0 Å². The van der Waals surface area contributed by atoms with Gasteiger partial charge >= 0.3 is 0 Å². The number of nitrogens with two attached hydrogens (primary N) is 1. The van der Waals surface area contributed by atoms with Crippen LogP contribution in [0.3, 0.4) is 0 Å². The lowest BCUT2D eigenvalue weighted by atomic mass is 9.94. The number of amides is 2. The summed E-state index contributed by atoms with van der Waals surface area (Å²) in [6.45, 7) is 3.56. The zero-order valence-electron chi connectivity index (χ0n) is 14.9. The van der Waals surface area contributed by atoms with Gasteiger partial charge in [-0.2, -0.15) is 0 Å². The van der Waals surface area contributed by atoms with Crippen molar-refractivity contribution in [3.8, 4) is 5.75 Å². The molecule has 0 bridgehead atoms. The van der Waals surface area contributed by atoms with Crippen molar-refractivity contribution in [2.24, 2.45) is 5.92 Å². The van der Waals surface area contributed by atoms with Crippen molar-refractivity contribution in [2.75, 3.05) is 52.2 Å². The van der Waals surface area contributed by atoms with E-state index in [0.29, 0.717) is 74.3 Å². The third-order valence-corrected chi connectivity index (χ3v) is 5.33. The van der Waals surface area contributed by atoms with E-state index in [-0.39, 0.29) is 17.7 Å². The van der Waals surface area contributed by atoms with Crippen molar-refractivity contribution in [3.05, 3.63) is 22.7 Å². The Kier molecular flexibility index (Phi) is 5.88. The number of rotatable bonds is 3. The number of benzene rings is 1. The van der Waals surface area contributed by atoms with E-state index >= 15 is 0 Å². The van der Waals surface area contributed by atoms with Crippen molar-refractivity contribution in [3.63, 3.8) is 0 Å². The monoisotopic (exact) mass is 381 g/mol. The zero-order valence-corrected chi connectivity index (χ0v) is 15.6. The van der Waals surface area contributed by atoms with Gasteiger partial charge in [0.1, 0.15) is 5.75 Å². The average molecular weight is 382 g/mol. The summed E-state index contributed by atoms with van der Waals surface area (Å²) in [5.41, 5.74) is 6.54. The third-order valence-electron chi connectivity index (χ3n) is 5.00. The van der Waals surface area contributed by atoms with Gasteiger partial charge in [-0.25, -0.2) is 0 Å². The summed E-state index contributed by atoms with van der Waals surface area (Å²) >= 11 is 6.06. The van der Waals surface area contributed by atoms with Gasteiger partial charge in [-0.05, 0) is 18.9 Å². The summed E-state index contributed by atoms with van der Waals surface area (Å²) in [5, 5.41) is 0.325. The molecule has 3 rings (SSSR count). The van der Waals surface area contributed by atoms with Crippen LogP contribution in [0.5, 0.6) is 5.75 Å². The largest absolute Gasteiger partial charge is 0.496 e. The second-order valence-electron chi connectivity index (χ2n) is 6.58. The van der Waals surface area contributed by atoms with Crippen molar-refractivity contribution in [1.82, 2.24) is 9.80 Å². The van der Waals surface area contributed by atoms with Crippen LogP contribution in [0.4, 0.5) is 5.69 Å². The molecule has 0 aromatic heterocycles. The Morgan fingerprint density at radius 2 is 1.81 bits per heavy atom. The standard InChI is InChI=1S/C18H24ClN3O4/c1-25-16-11-15(20)14(19)10-13(16)18(24)21-4-2-12(3-5-21)17(23)22-6-8-26-9-7-22/h10-12H,2-9,20H2,1H3. The number of morpholine rings is 1. The quantitative estimate of drug-likeness (QED) is 0.804. The lowest BCUT2D eigenvalue weighted by Gasteiger charge is -2.35. The van der Waals surface area contributed by atoms with Crippen molar-refractivity contribution in [2.45, 2.75) is 12.8 Å². The summed E-state index contributed by atoms with van der Waals surface area (Å²) in [4.78, 5) is 29.1. The molecule has 2 saturated heterocycles. The number of carbonyl (C=O) groups is 2. The van der Waals surface area contributed by atoms with Gasteiger partial charge in [0.05, 0.1) is 36.6 Å². The Balaban J connectivity index is 1.63. The van der Waals surface area contributed by atoms with E-state index in [4.69, 9.17) is 26.8 Å². The van der Waals surface area contributed by atoms with Crippen LogP contribution >= 0.6 is 11.6 Å². The fourth-order valence-corrected chi connectivity index (χ4v) is 3.61. The van der Waals surface area contributed by atoms with E-state index in [1.807, 2.05) is 4.90 Å². The van der Waals surface area contributed by atoms with Crippen molar-refractivity contribution < 1.29 is 19.1 Å². The molecule has 142 valence electrons. The molecule has 2 heterocycles. The van der Waals surface area contributed by atoms with Crippen LogP contribution in [0.2, 0.25) is 5.02 Å². The molecule has 2 N–H and O–H groups in total. The second kappa shape index (κ2) is 8.14. The summed E-state index contributed by atoms with van der Waals surface area (Å²) in [7, 11) is 1.49. The maximum absolute atomic E-state index is 12.9. The maximum Gasteiger partial charge on any atom is 0.257 e. The molecule has 8 heteroatoms. The summed E-state index contributed by atoms with van der Waals surface area (Å²) in [5.74, 6) is 0.395. The molecule has 0 spiro atoms. The van der Waals surface area contributed by atoms with E-state index in [1.165, 1.54) is 7.11 Å². The number of hydrogen-bond donors (Lipinski definition) is 1. The SMILES string of the molecule is COc1cc(N)c(Cl)cc1C(=O)N1CCC(C(=O)N2CCOCC2)CC1. The first-order valence-electron chi connectivity index (χ1n) is 8.80. The minimum Gasteiger partial charge on any atom is -0.496 e. The lowest BCUT2D eigenvalue weighted by molar-refractivity contribution is -0.141. The van der Waals surface area contributed by atoms with Crippen LogP contribution in [0.1, 0.15) is 23.2 Å². The number of nitrogens with zero attached hydrogens (tertiary/aromatic N) is 2. The molecule has 2 fully saturated rings. The number of nitrogen functional groups attached to an aromatic ring is 1. The van der Waals surface area contributed by atoms with Crippen molar-refractivity contribution >= 4 is 29.1 Å². The zero-order chi connectivity index (χ0) is 18.7. The predicted molar refractivity (Wildman–Crippen MR) is 98.4 cm³/mol. The molecule has 0 unspecified atom stereocenters. The lowest BCUT2D eigenvalue weighted by Crippen LogP contribution is -2.47. The van der Waals surface area contributed by atoms with Gasteiger partial charge in [0.25, 0.3) is 5.91 Å². The minimum atomic E-state index is -0.152. The Hall–Kier alpha value is -1.99. The fourth-order valence-electron chi connectivity index (χ4n) is 3.45. The van der Waals surface area contributed by atoms with Crippen LogP contribution in [-0.2, 0) is 9.53 Å². The highest BCUT2D eigenvalue weighted by atomic mass is 35.5. The molecule has 0 atom stereocenters. The molecule has 7 nitrogen and oxygen atoms in total. The van der Waals surface area contributed by atoms with Gasteiger partial charge in [0.15, 0.2) is 0 Å². The molecule has 0 saturated carbocycles. The van der Waals surface area contributed by atoms with Crippen LogP contribution in [0.15, 0.2) is 12.1 Å². The van der Waals surface area contributed by atoms with E-state index in [2.05, 4.69) is 0 Å². The smallest absolute Gasteiger partial charge is 0.257 e. The molecule has 2 aliphatic heterocycles. The highest BCUT2D eigenvalue weighted by Crippen LogP contribution is 2.31. The van der Waals surface area contributed by atoms with Gasteiger partial charge in [-0.3, -0.25) is 9.59 Å². The van der Waals surface area contributed by atoms with Crippen LogP contribution < -0.4 is 10.5 Å². The van der Waals surface area contributed by atoms with Crippen LogP contribution in [-0.4, -0.2) is 68.1 Å². The second-order valence-corrected chi connectivity index (χ2v) is 6.99. The number of piperidine rings is 1. The highest BCUT2D eigenvalue weighted by molar-refractivity contribution is 6.33. The molecule has 1 aromatic rings.